The largest absolute Gasteiger partial charge is 0.411 e. The zero-order valence-electron chi connectivity index (χ0n) is 15.2. The molecule has 144 valence electrons. The molecule has 0 N–H and O–H groups in total. The minimum Gasteiger partial charge on any atom is -0.411 e. The number of para-hydroxylation sites is 1. The maximum Gasteiger partial charge on any atom is 0.277 e. The van der Waals surface area contributed by atoms with E-state index in [0.29, 0.717) is 16.4 Å². The van der Waals surface area contributed by atoms with Gasteiger partial charge < -0.3 is 9.32 Å². The number of aromatic nitrogens is 2. The first-order valence-corrected chi connectivity index (χ1v) is 11.5. The molecule has 1 atom stereocenters. The first kappa shape index (κ1) is 19.5. The lowest BCUT2D eigenvalue weighted by atomic mass is 10.2. The summed E-state index contributed by atoms with van der Waals surface area (Å²) in [5, 5.41) is 9.04. The molecule has 2 heterocycles. The van der Waals surface area contributed by atoms with Crippen LogP contribution < -0.4 is 4.90 Å². The first-order chi connectivity index (χ1) is 13.6. The molecule has 0 saturated carbocycles. The van der Waals surface area contributed by atoms with E-state index < -0.39 is 0 Å². The summed E-state index contributed by atoms with van der Waals surface area (Å²) in [6, 6.07) is 15.7. The molecule has 1 aliphatic rings. The van der Waals surface area contributed by atoms with E-state index in [1.54, 1.807) is 0 Å². The van der Waals surface area contributed by atoms with Gasteiger partial charge in [-0.1, -0.05) is 46.7 Å². The van der Waals surface area contributed by atoms with Gasteiger partial charge in [-0.3, -0.25) is 4.79 Å². The summed E-state index contributed by atoms with van der Waals surface area (Å²) in [5.74, 6) is 0.762. The fourth-order valence-electron chi connectivity index (χ4n) is 2.92. The van der Waals surface area contributed by atoms with E-state index in [1.165, 1.54) is 11.8 Å². The van der Waals surface area contributed by atoms with Gasteiger partial charge in [0.2, 0.25) is 11.8 Å². The molecule has 5 nitrogen and oxygen atoms in total. The summed E-state index contributed by atoms with van der Waals surface area (Å²) in [4.78, 5) is 15.9. The van der Waals surface area contributed by atoms with Gasteiger partial charge >= 0.3 is 0 Å². The van der Waals surface area contributed by atoms with Crippen LogP contribution in [0, 0.1) is 0 Å². The second-order valence-corrected chi connectivity index (χ2v) is 9.72. The van der Waals surface area contributed by atoms with E-state index in [1.807, 2.05) is 59.1 Å². The van der Waals surface area contributed by atoms with Gasteiger partial charge in [-0.15, -0.1) is 22.0 Å². The molecule has 1 amide bonds. The highest BCUT2D eigenvalue weighted by Gasteiger charge is 2.24. The third-order valence-corrected chi connectivity index (χ3v) is 6.93. The van der Waals surface area contributed by atoms with Gasteiger partial charge in [0.15, 0.2) is 0 Å². The molecule has 4 rings (SSSR count). The number of rotatable bonds is 4. The highest BCUT2D eigenvalue weighted by Crippen LogP contribution is 2.37. The van der Waals surface area contributed by atoms with E-state index in [9.17, 15) is 4.79 Å². The highest BCUT2D eigenvalue weighted by molar-refractivity contribution is 9.10. The number of hydrogen-bond donors (Lipinski definition) is 0. The van der Waals surface area contributed by atoms with Crippen molar-refractivity contribution in [2.75, 3.05) is 17.2 Å². The minimum absolute atomic E-state index is 0.0514. The molecule has 1 aliphatic heterocycles. The fraction of sp³-hybridized carbons (Fsp3) is 0.250. The second-order valence-electron chi connectivity index (χ2n) is 6.40. The zero-order chi connectivity index (χ0) is 19.5. The molecule has 0 bridgehead atoms. The predicted octanol–water partition coefficient (Wildman–Crippen LogP) is 5.51. The van der Waals surface area contributed by atoms with Crippen molar-refractivity contribution in [2.45, 2.75) is 28.7 Å². The lowest BCUT2D eigenvalue weighted by Gasteiger charge is -2.22. The smallest absolute Gasteiger partial charge is 0.277 e. The Bertz CT molecular complexity index is 978. The van der Waals surface area contributed by atoms with E-state index in [4.69, 9.17) is 4.42 Å². The zero-order valence-corrected chi connectivity index (χ0v) is 18.4. The van der Waals surface area contributed by atoms with E-state index in [0.717, 1.165) is 33.6 Å². The van der Waals surface area contributed by atoms with Crippen molar-refractivity contribution in [3.8, 4) is 11.5 Å². The van der Waals surface area contributed by atoms with Crippen molar-refractivity contribution >= 4 is 51.0 Å². The number of carbonyl (C=O) groups excluding carboxylic acids is 1. The topological polar surface area (TPSA) is 59.2 Å². The second kappa shape index (κ2) is 8.71. The SMILES string of the molecule is CC1CCN(C(=O)CSc2nnc(-c3ccc(Br)cc3)o2)c2ccccc2S1. The molecule has 8 heteroatoms. The normalized spacial score (nSPS) is 16.5. The maximum atomic E-state index is 12.9. The Morgan fingerprint density at radius 1 is 1.25 bits per heavy atom. The molecule has 0 aliphatic carbocycles. The van der Waals surface area contributed by atoms with Crippen LogP contribution >= 0.6 is 39.5 Å². The van der Waals surface area contributed by atoms with Crippen LogP contribution in [0.2, 0.25) is 0 Å². The molecular formula is C20H18BrN3O2S2. The Kier molecular flexibility index (Phi) is 6.08. The van der Waals surface area contributed by atoms with Gasteiger partial charge in [0.05, 0.1) is 11.4 Å². The molecule has 1 aromatic heterocycles. The summed E-state index contributed by atoms with van der Waals surface area (Å²) in [6.45, 7) is 2.92. The lowest BCUT2D eigenvalue weighted by molar-refractivity contribution is -0.116. The third kappa shape index (κ3) is 4.45. The van der Waals surface area contributed by atoms with Crippen molar-refractivity contribution in [2.24, 2.45) is 0 Å². The molecule has 3 aromatic rings. The van der Waals surface area contributed by atoms with E-state index >= 15 is 0 Å². The number of fused-ring (bicyclic) bond motifs is 1. The number of anilines is 1. The summed E-state index contributed by atoms with van der Waals surface area (Å²) in [6.07, 6.45) is 0.962. The Balaban J connectivity index is 1.44. The van der Waals surface area contributed by atoms with Crippen molar-refractivity contribution in [1.82, 2.24) is 10.2 Å². The van der Waals surface area contributed by atoms with E-state index in [-0.39, 0.29) is 11.7 Å². The Morgan fingerprint density at radius 3 is 2.86 bits per heavy atom. The van der Waals surface area contributed by atoms with Crippen LogP contribution in [-0.4, -0.2) is 33.7 Å². The van der Waals surface area contributed by atoms with Crippen molar-refractivity contribution in [3.05, 3.63) is 53.0 Å². The molecule has 0 radical (unpaired) electrons. The van der Waals surface area contributed by atoms with Gasteiger partial charge in [0.1, 0.15) is 0 Å². The van der Waals surface area contributed by atoms with Crippen LogP contribution in [0.3, 0.4) is 0 Å². The molecule has 1 unspecified atom stereocenters. The average molecular weight is 476 g/mol. The summed E-state index contributed by atoms with van der Waals surface area (Å²) >= 11 is 6.51. The van der Waals surface area contributed by atoms with Crippen LogP contribution in [-0.2, 0) is 4.79 Å². The van der Waals surface area contributed by atoms with Crippen LogP contribution in [0.1, 0.15) is 13.3 Å². The van der Waals surface area contributed by atoms with Gasteiger partial charge in [0.25, 0.3) is 5.22 Å². The lowest BCUT2D eigenvalue weighted by Crippen LogP contribution is -2.33. The Morgan fingerprint density at radius 2 is 2.04 bits per heavy atom. The molecule has 0 spiro atoms. The number of halogens is 1. The highest BCUT2D eigenvalue weighted by atomic mass is 79.9. The van der Waals surface area contributed by atoms with Gasteiger partial charge in [-0.2, -0.15) is 0 Å². The standard InChI is InChI=1S/C20H18BrN3O2S2/c1-13-10-11-24(16-4-2-3-5-17(16)28-13)18(25)12-27-20-23-22-19(26-20)14-6-8-15(21)9-7-14/h2-9,13H,10-12H2,1H3. The third-order valence-electron chi connectivity index (χ3n) is 4.36. The maximum absolute atomic E-state index is 12.9. The number of hydrogen-bond acceptors (Lipinski definition) is 6. The van der Waals surface area contributed by atoms with Crippen LogP contribution in [0.5, 0.6) is 0 Å². The number of benzene rings is 2. The van der Waals surface area contributed by atoms with Crippen molar-refractivity contribution < 1.29 is 9.21 Å². The monoisotopic (exact) mass is 475 g/mol. The molecular weight excluding hydrogens is 458 g/mol. The van der Waals surface area contributed by atoms with Gasteiger partial charge in [-0.25, -0.2) is 0 Å². The van der Waals surface area contributed by atoms with Gasteiger partial charge in [-0.05, 0) is 42.8 Å². The Labute approximate surface area is 180 Å². The summed E-state index contributed by atoms with van der Waals surface area (Å²) in [5.41, 5.74) is 1.84. The van der Waals surface area contributed by atoms with Gasteiger partial charge in [0, 0.05) is 26.7 Å². The summed E-state index contributed by atoms with van der Waals surface area (Å²) in [7, 11) is 0. The quantitative estimate of drug-likeness (QED) is 0.463. The fourth-order valence-corrected chi connectivity index (χ4v) is 4.94. The number of amides is 1. The predicted molar refractivity (Wildman–Crippen MR) is 117 cm³/mol. The number of carbonyl (C=O) groups is 1. The van der Waals surface area contributed by atoms with E-state index in [2.05, 4.69) is 39.1 Å². The van der Waals surface area contributed by atoms with Crippen molar-refractivity contribution in [3.63, 3.8) is 0 Å². The Hall–Kier alpha value is -1.77. The first-order valence-electron chi connectivity index (χ1n) is 8.88. The van der Waals surface area contributed by atoms with Crippen LogP contribution in [0.25, 0.3) is 11.5 Å². The number of thioether (sulfide) groups is 2. The summed E-state index contributed by atoms with van der Waals surface area (Å²) < 4.78 is 6.70. The minimum atomic E-state index is 0.0514. The number of nitrogens with zero attached hydrogens (tertiary/aromatic N) is 3. The van der Waals surface area contributed by atoms with Crippen LogP contribution in [0.4, 0.5) is 5.69 Å². The average Bonchev–Trinajstić information content (AvgIpc) is 3.10. The van der Waals surface area contributed by atoms with Crippen molar-refractivity contribution in [1.29, 1.82) is 0 Å². The molecule has 2 aromatic carbocycles. The molecule has 28 heavy (non-hydrogen) atoms. The molecule has 0 saturated heterocycles. The van der Waals surface area contributed by atoms with Crippen LogP contribution in [0.15, 0.2) is 67.5 Å². The molecule has 0 fully saturated rings.